The summed E-state index contributed by atoms with van der Waals surface area (Å²) in [6, 6.07) is 66.0. The van der Waals surface area contributed by atoms with Gasteiger partial charge in [0.1, 0.15) is 0 Å². The highest BCUT2D eigenvalue weighted by Gasteiger charge is 2.36. The van der Waals surface area contributed by atoms with E-state index in [1.165, 1.54) is 102 Å². The lowest BCUT2D eigenvalue weighted by molar-refractivity contribution is 0.349. The molecule has 0 amide bonds. The van der Waals surface area contributed by atoms with E-state index in [4.69, 9.17) is 0 Å². The van der Waals surface area contributed by atoms with Crippen molar-refractivity contribution in [1.29, 1.82) is 0 Å². The fourth-order valence-corrected chi connectivity index (χ4v) is 12.5. The van der Waals surface area contributed by atoms with E-state index in [-0.39, 0.29) is 5.54 Å². The lowest BCUT2D eigenvalue weighted by atomic mass is 9.83. The van der Waals surface area contributed by atoms with Crippen LogP contribution in [0, 0.1) is 0 Å². The zero-order valence-corrected chi connectivity index (χ0v) is 36.4. The van der Waals surface area contributed by atoms with E-state index in [0.29, 0.717) is 0 Å². The van der Waals surface area contributed by atoms with E-state index in [2.05, 4.69) is 229 Å². The van der Waals surface area contributed by atoms with Gasteiger partial charge in [0.05, 0.1) is 43.5 Å². The number of thiophene rings is 1. The maximum absolute atomic E-state index is 2.69. The van der Waals surface area contributed by atoms with Crippen molar-refractivity contribution in [3.05, 3.63) is 199 Å². The standard InChI is InChI=1S/C58H47N3S/c1-5-35-57(4,60-50-26-14-9-19-40(50)41-20-10-15-27-51(41)60)38-31-34-53-47(36-38)43-22-11-16-28-52(43)61(53)58(6-2,7-3)39-32-33-49-46(37-39)42-21-8-13-25-48(42)59(49)54-29-18-24-45-44-23-12-17-30-55(44)62-56(45)54/h5,8-37H,6-7H2,1-4H3/b35-5-. The van der Waals surface area contributed by atoms with Crippen LogP contribution in [0.3, 0.4) is 0 Å². The minimum atomic E-state index is -0.444. The molecule has 3 nitrogen and oxygen atoms in total. The van der Waals surface area contributed by atoms with Crippen molar-refractivity contribution in [1.82, 2.24) is 13.7 Å². The van der Waals surface area contributed by atoms with Crippen LogP contribution in [0.15, 0.2) is 188 Å². The van der Waals surface area contributed by atoms with Crippen molar-refractivity contribution < 1.29 is 0 Å². The first-order chi connectivity index (χ1) is 30.5. The Balaban J connectivity index is 1.08. The number of nitrogens with zero attached hydrogens (tertiary/aromatic N) is 3. The average molecular weight is 818 g/mol. The van der Waals surface area contributed by atoms with Crippen molar-refractivity contribution in [2.24, 2.45) is 0 Å². The topological polar surface area (TPSA) is 14.8 Å². The molecule has 0 saturated heterocycles. The Morgan fingerprint density at radius 3 is 1.58 bits per heavy atom. The molecule has 4 heteroatoms. The highest BCUT2D eigenvalue weighted by atomic mass is 32.1. The third-order valence-electron chi connectivity index (χ3n) is 14.2. The summed E-state index contributed by atoms with van der Waals surface area (Å²) in [5, 5.41) is 10.3. The third-order valence-corrected chi connectivity index (χ3v) is 15.4. The van der Waals surface area contributed by atoms with E-state index in [0.717, 1.165) is 12.8 Å². The first-order valence-corrected chi connectivity index (χ1v) is 22.9. The van der Waals surface area contributed by atoms with Crippen molar-refractivity contribution in [3.8, 4) is 5.69 Å². The van der Waals surface area contributed by atoms with Gasteiger partial charge in [0.2, 0.25) is 0 Å². The van der Waals surface area contributed by atoms with Gasteiger partial charge in [-0.05, 0) is 98.5 Å². The summed E-state index contributed by atoms with van der Waals surface area (Å²) in [5.41, 5.74) is 10.6. The second-order valence-corrected chi connectivity index (χ2v) is 18.2. The number of allylic oxidation sites excluding steroid dienone is 2. The molecule has 0 aliphatic carbocycles. The lowest BCUT2D eigenvalue weighted by Crippen LogP contribution is -2.33. The maximum atomic E-state index is 2.69. The summed E-state index contributed by atoms with van der Waals surface area (Å²) in [6.45, 7) is 9.27. The Kier molecular flexibility index (Phi) is 8.23. The van der Waals surface area contributed by atoms with Gasteiger partial charge in [-0.1, -0.05) is 141 Å². The van der Waals surface area contributed by atoms with E-state index >= 15 is 0 Å². The molecule has 300 valence electrons. The zero-order valence-electron chi connectivity index (χ0n) is 35.6. The van der Waals surface area contributed by atoms with Crippen LogP contribution < -0.4 is 0 Å². The normalized spacial score (nSPS) is 13.7. The molecule has 0 bridgehead atoms. The molecule has 0 N–H and O–H groups in total. The van der Waals surface area contributed by atoms with Crippen LogP contribution in [-0.2, 0) is 11.1 Å². The molecule has 0 spiro atoms. The predicted octanol–water partition coefficient (Wildman–Crippen LogP) is 16.3. The van der Waals surface area contributed by atoms with Gasteiger partial charge in [-0.25, -0.2) is 0 Å². The van der Waals surface area contributed by atoms with Crippen molar-refractivity contribution in [2.75, 3.05) is 0 Å². The molecule has 4 heterocycles. The number of para-hydroxylation sites is 4. The minimum absolute atomic E-state index is 0.300. The Labute approximate surface area is 365 Å². The van der Waals surface area contributed by atoms with Crippen LogP contribution in [0.1, 0.15) is 51.7 Å². The van der Waals surface area contributed by atoms with Crippen LogP contribution in [0.2, 0.25) is 0 Å². The van der Waals surface area contributed by atoms with E-state index < -0.39 is 5.54 Å². The Morgan fingerprint density at radius 1 is 0.452 bits per heavy atom. The van der Waals surface area contributed by atoms with Gasteiger partial charge in [0, 0.05) is 58.8 Å². The monoisotopic (exact) mass is 817 g/mol. The molecule has 4 aromatic heterocycles. The highest BCUT2D eigenvalue weighted by Crippen LogP contribution is 2.47. The van der Waals surface area contributed by atoms with Gasteiger partial charge in [-0.2, -0.15) is 0 Å². The summed E-state index contributed by atoms with van der Waals surface area (Å²) >= 11 is 1.89. The zero-order chi connectivity index (χ0) is 41.7. The molecule has 0 aliphatic rings. The quantitative estimate of drug-likeness (QED) is 0.136. The first-order valence-electron chi connectivity index (χ1n) is 22.1. The number of hydrogen-bond donors (Lipinski definition) is 0. The maximum Gasteiger partial charge on any atom is 0.0858 e. The molecule has 62 heavy (non-hydrogen) atoms. The second-order valence-electron chi connectivity index (χ2n) is 17.2. The van der Waals surface area contributed by atoms with Crippen LogP contribution in [-0.4, -0.2) is 13.7 Å². The number of rotatable bonds is 8. The summed E-state index contributed by atoms with van der Waals surface area (Å²) < 4.78 is 10.4. The Morgan fingerprint density at radius 2 is 0.919 bits per heavy atom. The fraction of sp³-hybridized carbons (Fsp3) is 0.138. The molecule has 0 radical (unpaired) electrons. The van der Waals surface area contributed by atoms with Gasteiger partial charge >= 0.3 is 0 Å². The summed E-state index contributed by atoms with van der Waals surface area (Å²) in [6.07, 6.45) is 6.48. The highest BCUT2D eigenvalue weighted by molar-refractivity contribution is 7.26. The first kappa shape index (κ1) is 36.9. The van der Waals surface area contributed by atoms with Crippen LogP contribution in [0.5, 0.6) is 0 Å². The van der Waals surface area contributed by atoms with Crippen LogP contribution in [0.4, 0.5) is 0 Å². The second kappa shape index (κ2) is 13.8. The van der Waals surface area contributed by atoms with Gasteiger partial charge in [0.25, 0.3) is 0 Å². The summed E-state index contributed by atoms with van der Waals surface area (Å²) in [4.78, 5) is 0. The molecule has 8 aromatic carbocycles. The van der Waals surface area contributed by atoms with Gasteiger partial charge < -0.3 is 13.7 Å². The molecule has 1 unspecified atom stereocenters. The van der Waals surface area contributed by atoms with E-state index in [1.54, 1.807) is 0 Å². The van der Waals surface area contributed by atoms with Crippen LogP contribution in [0.25, 0.3) is 91.3 Å². The molecular weight excluding hydrogens is 771 g/mol. The van der Waals surface area contributed by atoms with E-state index in [1.807, 2.05) is 11.3 Å². The number of hydrogen-bond acceptors (Lipinski definition) is 1. The summed E-state index contributed by atoms with van der Waals surface area (Å²) in [5.74, 6) is 0. The molecule has 0 aliphatic heterocycles. The number of fused-ring (bicyclic) bond motifs is 12. The molecule has 12 rings (SSSR count). The SMILES string of the molecule is C/C=C\C(C)(c1ccc2c(c1)c1ccccc1n2C(CC)(CC)c1ccc2c(c1)c1ccccc1n2-c1cccc2c1sc1ccccc12)n1c2ccccc2c2ccccc21. The molecule has 0 saturated carbocycles. The van der Waals surface area contributed by atoms with Crippen molar-refractivity contribution in [3.63, 3.8) is 0 Å². The predicted molar refractivity (Wildman–Crippen MR) is 268 cm³/mol. The molecule has 1 atom stereocenters. The smallest absolute Gasteiger partial charge is 0.0858 e. The molecule has 12 aromatic rings. The van der Waals surface area contributed by atoms with Crippen molar-refractivity contribution >= 4 is 96.9 Å². The van der Waals surface area contributed by atoms with Gasteiger partial charge in [-0.3, -0.25) is 0 Å². The van der Waals surface area contributed by atoms with Gasteiger partial charge in [0.15, 0.2) is 0 Å². The summed E-state index contributed by atoms with van der Waals surface area (Å²) in [7, 11) is 0. The Hall–Kier alpha value is -6.88. The average Bonchev–Trinajstić information content (AvgIpc) is 4.07. The lowest BCUT2D eigenvalue weighted by Gasteiger charge is -2.36. The van der Waals surface area contributed by atoms with Gasteiger partial charge in [-0.15, -0.1) is 11.3 Å². The molecular formula is C58H47N3S. The number of aromatic nitrogens is 3. The fourth-order valence-electron chi connectivity index (χ4n) is 11.3. The number of benzene rings is 8. The Bertz CT molecular complexity index is 3720. The largest absolute Gasteiger partial charge is 0.330 e. The third kappa shape index (κ3) is 4.99. The van der Waals surface area contributed by atoms with E-state index in [9.17, 15) is 0 Å². The van der Waals surface area contributed by atoms with Crippen LogP contribution >= 0.6 is 11.3 Å². The molecule has 0 fully saturated rings. The van der Waals surface area contributed by atoms with Crippen molar-refractivity contribution in [2.45, 2.75) is 51.6 Å². The minimum Gasteiger partial charge on any atom is -0.330 e.